The molecule has 0 spiro atoms. The standard InChI is InChI=1S/C15H29N3O/c1-12-6-9-16-13(10-12)14(19)18(4)11-15(17(2)3)7-5-8-15/h12-13,16H,5-11H2,1-4H3. The molecule has 2 fully saturated rings. The lowest BCUT2D eigenvalue weighted by molar-refractivity contribution is -0.135. The van der Waals surface area contributed by atoms with Gasteiger partial charge in [0.05, 0.1) is 6.04 Å². The second kappa shape index (κ2) is 5.80. The lowest BCUT2D eigenvalue weighted by atomic mass is 9.75. The van der Waals surface area contributed by atoms with E-state index in [-0.39, 0.29) is 17.5 Å². The molecule has 1 aliphatic carbocycles. The van der Waals surface area contributed by atoms with Gasteiger partial charge in [-0.2, -0.15) is 0 Å². The highest BCUT2D eigenvalue weighted by Gasteiger charge is 2.41. The van der Waals surface area contributed by atoms with Gasteiger partial charge >= 0.3 is 0 Å². The Bertz CT molecular complexity index is 325. The topological polar surface area (TPSA) is 35.6 Å². The minimum atomic E-state index is 0.0352. The highest BCUT2D eigenvalue weighted by atomic mass is 16.2. The average Bonchev–Trinajstić information content (AvgIpc) is 2.32. The fourth-order valence-corrected chi connectivity index (χ4v) is 3.41. The van der Waals surface area contributed by atoms with E-state index in [0.717, 1.165) is 19.5 Å². The molecule has 1 aliphatic heterocycles. The monoisotopic (exact) mass is 267 g/mol. The smallest absolute Gasteiger partial charge is 0.239 e. The number of rotatable bonds is 4. The van der Waals surface area contributed by atoms with Crippen LogP contribution in [0.5, 0.6) is 0 Å². The van der Waals surface area contributed by atoms with Gasteiger partial charge < -0.3 is 15.1 Å². The predicted octanol–water partition coefficient (Wildman–Crippen LogP) is 1.32. The Morgan fingerprint density at radius 3 is 2.47 bits per heavy atom. The molecule has 1 N–H and O–H groups in total. The van der Waals surface area contributed by atoms with Crippen LogP contribution in [-0.2, 0) is 4.79 Å². The van der Waals surface area contributed by atoms with Crippen LogP contribution in [0.3, 0.4) is 0 Å². The summed E-state index contributed by atoms with van der Waals surface area (Å²) in [5.74, 6) is 0.940. The molecule has 110 valence electrons. The van der Waals surface area contributed by atoms with Gasteiger partial charge in [0.2, 0.25) is 5.91 Å². The van der Waals surface area contributed by atoms with Crippen molar-refractivity contribution in [2.45, 2.75) is 50.6 Å². The number of nitrogens with one attached hydrogen (secondary N) is 1. The second-order valence-corrected chi connectivity index (χ2v) is 6.80. The summed E-state index contributed by atoms with van der Waals surface area (Å²) in [6.07, 6.45) is 5.89. The van der Waals surface area contributed by atoms with E-state index in [4.69, 9.17) is 0 Å². The quantitative estimate of drug-likeness (QED) is 0.834. The molecule has 0 aromatic rings. The summed E-state index contributed by atoms with van der Waals surface area (Å²) in [7, 11) is 6.24. The first-order chi connectivity index (χ1) is 8.94. The van der Waals surface area contributed by atoms with Gasteiger partial charge in [-0.05, 0) is 58.7 Å². The number of hydrogen-bond donors (Lipinski definition) is 1. The summed E-state index contributed by atoms with van der Waals surface area (Å²) in [5.41, 5.74) is 0.227. The van der Waals surface area contributed by atoms with E-state index in [0.29, 0.717) is 5.92 Å². The minimum absolute atomic E-state index is 0.0352. The molecule has 2 unspecified atom stereocenters. The highest BCUT2D eigenvalue weighted by molar-refractivity contribution is 5.81. The maximum atomic E-state index is 12.5. The minimum Gasteiger partial charge on any atom is -0.343 e. The number of carbonyl (C=O) groups excluding carboxylic acids is 1. The first-order valence-electron chi connectivity index (χ1n) is 7.60. The summed E-state index contributed by atoms with van der Waals surface area (Å²) >= 11 is 0. The van der Waals surface area contributed by atoms with Gasteiger partial charge in [-0.15, -0.1) is 0 Å². The molecule has 4 nitrogen and oxygen atoms in total. The summed E-state index contributed by atoms with van der Waals surface area (Å²) in [4.78, 5) is 16.8. The third-order valence-corrected chi connectivity index (χ3v) is 5.10. The van der Waals surface area contributed by atoms with E-state index in [1.165, 1.54) is 25.7 Å². The first-order valence-corrected chi connectivity index (χ1v) is 7.60. The van der Waals surface area contributed by atoms with Crippen molar-refractivity contribution in [2.24, 2.45) is 5.92 Å². The van der Waals surface area contributed by atoms with Crippen molar-refractivity contribution in [3.05, 3.63) is 0 Å². The van der Waals surface area contributed by atoms with Gasteiger partial charge in [-0.1, -0.05) is 6.92 Å². The average molecular weight is 267 g/mol. The van der Waals surface area contributed by atoms with Crippen molar-refractivity contribution in [1.82, 2.24) is 15.1 Å². The first kappa shape index (κ1) is 14.8. The Morgan fingerprint density at radius 2 is 2.00 bits per heavy atom. The Labute approximate surface area is 117 Å². The Kier molecular flexibility index (Phi) is 4.51. The molecular formula is C15H29N3O. The predicted molar refractivity (Wildman–Crippen MR) is 78.1 cm³/mol. The van der Waals surface area contributed by atoms with Gasteiger partial charge in [-0.3, -0.25) is 4.79 Å². The number of likely N-dealkylation sites (N-methyl/N-ethyl adjacent to an activating group) is 2. The van der Waals surface area contributed by atoms with E-state index < -0.39 is 0 Å². The number of hydrogen-bond acceptors (Lipinski definition) is 3. The van der Waals surface area contributed by atoms with Gasteiger partial charge in [0.25, 0.3) is 0 Å². The van der Waals surface area contributed by atoms with Crippen LogP contribution in [0.2, 0.25) is 0 Å². The molecular weight excluding hydrogens is 238 g/mol. The maximum Gasteiger partial charge on any atom is 0.239 e. The number of carbonyl (C=O) groups is 1. The van der Waals surface area contributed by atoms with Crippen molar-refractivity contribution in [3.8, 4) is 0 Å². The number of amides is 1. The van der Waals surface area contributed by atoms with Gasteiger partial charge in [0.15, 0.2) is 0 Å². The number of piperidine rings is 1. The van der Waals surface area contributed by atoms with Gasteiger partial charge in [0.1, 0.15) is 0 Å². The van der Waals surface area contributed by atoms with Crippen LogP contribution in [-0.4, -0.2) is 61.5 Å². The van der Waals surface area contributed by atoms with Crippen LogP contribution in [0.4, 0.5) is 0 Å². The largest absolute Gasteiger partial charge is 0.343 e. The normalized spacial score (nSPS) is 29.9. The zero-order chi connectivity index (χ0) is 14.0. The summed E-state index contributed by atoms with van der Waals surface area (Å²) in [5, 5.41) is 3.38. The fraction of sp³-hybridized carbons (Fsp3) is 0.933. The van der Waals surface area contributed by atoms with Crippen molar-refractivity contribution in [2.75, 3.05) is 34.2 Å². The zero-order valence-electron chi connectivity index (χ0n) is 12.9. The molecule has 2 rings (SSSR count). The molecule has 4 heteroatoms. The van der Waals surface area contributed by atoms with Crippen LogP contribution in [0.1, 0.15) is 39.0 Å². The van der Waals surface area contributed by atoms with E-state index in [1.807, 2.05) is 11.9 Å². The molecule has 19 heavy (non-hydrogen) atoms. The molecule has 1 heterocycles. The van der Waals surface area contributed by atoms with Crippen LogP contribution in [0, 0.1) is 5.92 Å². The van der Waals surface area contributed by atoms with E-state index in [9.17, 15) is 4.79 Å². The second-order valence-electron chi connectivity index (χ2n) is 6.80. The molecule has 1 saturated carbocycles. The molecule has 0 bridgehead atoms. The summed E-state index contributed by atoms with van der Waals surface area (Å²) < 4.78 is 0. The van der Waals surface area contributed by atoms with Crippen LogP contribution < -0.4 is 5.32 Å². The Hall–Kier alpha value is -0.610. The summed E-state index contributed by atoms with van der Waals surface area (Å²) in [6.45, 7) is 4.09. The number of nitrogens with zero attached hydrogens (tertiary/aromatic N) is 2. The molecule has 1 saturated heterocycles. The lowest BCUT2D eigenvalue weighted by Crippen LogP contribution is -2.59. The molecule has 2 atom stereocenters. The summed E-state index contributed by atoms with van der Waals surface area (Å²) in [6, 6.07) is 0.0352. The van der Waals surface area contributed by atoms with Crippen molar-refractivity contribution in [1.29, 1.82) is 0 Å². The van der Waals surface area contributed by atoms with Crippen LogP contribution in [0.25, 0.3) is 0 Å². The zero-order valence-corrected chi connectivity index (χ0v) is 12.9. The third kappa shape index (κ3) is 3.11. The maximum absolute atomic E-state index is 12.5. The third-order valence-electron chi connectivity index (χ3n) is 5.10. The Balaban J connectivity index is 1.91. The SMILES string of the molecule is CC1CCNC(C(=O)N(C)CC2(N(C)C)CCC2)C1. The van der Waals surface area contributed by atoms with E-state index in [1.54, 1.807) is 0 Å². The van der Waals surface area contributed by atoms with Gasteiger partial charge in [-0.25, -0.2) is 0 Å². The van der Waals surface area contributed by atoms with E-state index >= 15 is 0 Å². The highest BCUT2D eigenvalue weighted by Crippen LogP contribution is 2.36. The van der Waals surface area contributed by atoms with Crippen LogP contribution >= 0.6 is 0 Å². The van der Waals surface area contributed by atoms with Crippen molar-refractivity contribution in [3.63, 3.8) is 0 Å². The molecule has 0 radical (unpaired) electrons. The fourth-order valence-electron chi connectivity index (χ4n) is 3.41. The molecule has 2 aliphatic rings. The van der Waals surface area contributed by atoms with Gasteiger partial charge in [0, 0.05) is 19.1 Å². The van der Waals surface area contributed by atoms with Crippen LogP contribution in [0.15, 0.2) is 0 Å². The molecule has 0 aromatic carbocycles. The Morgan fingerprint density at radius 1 is 1.32 bits per heavy atom. The van der Waals surface area contributed by atoms with E-state index in [2.05, 4.69) is 31.2 Å². The molecule has 0 aromatic heterocycles. The molecule has 1 amide bonds. The van der Waals surface area contributed by atoms with Crippen molar-refractivity contribution < 1.29 is 4.79 Å². The lowest BCUT2D eigenvalue weighted by Gasteiger charge is -2.49. The van der Waals surface area contributed by atoms with Crippen molar-refractivity contribution >= 4 is 5.91 Å².